The summed E-state index contributed by atoms with van der Waals surface area (Å²) in [6, 6.07) is 7.37. The van der Waals surface area contributed by atoms with Crippen LogP contribution in [0, 0.1) is 0 Å². The molecule has 8 heteroatoms. The molecule has 0 bridgehead atoms. The fraction of sp³-hybridized carbons (Fsp3) is 0.625. The quantitative estimate of drug-likeness (QED) is 0.844. The first-order valence-corrected chi connectivity index (χ1v) is 9.67. The Morgan fingerprint density at radius 1 is 1.38 bits per heavy atom. The lowest BCUT2D eigenvalue weighted by Crippen LogP contribution is -2.50. The van der Waals surface area contributed by atoms with Gasteiger partial charge in [0.1, 0.15) is 5.75 Å². The summed E-state index contributed by atoms with van der Waals surface area (Å²) in [5, 5.41) is 3.29. The largest absolute Gasteiger partial charge is 0.496 e. The Bertz CT molecular complexity index is 635. The summed E-state index contributed by atoms with van der Waals surface area (Å²) < 4.78 is 38.4. The molecule has 2 atom stereocenters. The van der Waals surface area contributed by atoms with E-state index in [-0.39, 0.29) is 30.3 Å². The summed E-state index contributed by atoms with van der Waals surface area (Å²) in [5.74, 6) is 0.789. The molecule has 24 heavy (non-hydrogen) atoms. The van der Waals surface area contributed by atoms with E-state index < -0.39 is 10.0 Å². The van der Waals surface area contributed by atoms with Crippen LogP contribution < -0.4 is 10.1 Å². The van der Waals surface area contributed by atoms with Gasteiger partial charge in [-0.1, -0.05) is 18.2 Å². The summed E-state index contributed by atoms with van der Waals surface area (Å²) in [5.41, 5.74) is 0.901. The summed E-state index contributed by atoms with van der Waals surface area (Å²) >= 11 is 0. The molecule has 3 rings (SSSR count). The number of nitrogens with one attached hydrogen (secondary N) is 1. The molecule has 0 radical (unpaired) electrons. The number of rotatable bonds is 5. The fourth-order valence-electron chi connectivity index (χ4n) is 3.33. The SMILES string of the molecule is COc1ccccc1C1CNCCN1S(=O)(=O)CC1CCCO1.Cl. The number of para-hydroxylation sites is 1. The molecule has 0 aromatic heterocycles. The first kappa shape index (κ1) is 19.5. The van der Waals surface area contributed by atoms with Crippen LogP contribution in [-0.4, -0.2) is 57.9 Å². The van der Waals surface area contributed by atoms with E-state index in [1.807, 2.05) is 24.3 Å². The van der Waals surface area contributed by atoms with E-state index in [4.69, 9.17) is 9.47 Å². The first-order chi connectivity index (χ1) is 11.1. The molecule has 1 N–H and O–H groups in total. The van der Waals surface area contributed by atoms with Crippen LogP contribution >= 0.6 is 12.4 Å². The normalized spacial score (nSPS) is 25.2. The van der Waals surface area contributed by atoms with Crippen LogP contribution in [0.25, 0.3) is 0 Å². The van der Waals surface area contributed by atoms with E-state index in [0.717, 1.165) is 24.2 Å². The van der Waals surface area contributed by atoms with Crippen LogP contribution in [0.1, 0.15) is 24.4 Å². The number of sulfonamides is 1. The third-order valence-electron chi connectivity index (χ3n) is 4.47. The van der Waals surface area contributed by atoms with Gasteiger partial charge in [0.15, 0.2) is 0 Å². The molecule has 0 amide bonds. The summed E-state index contributed by atoms with van der Waals surface area (Å²) in [6.07, 6.45) is 1.59. The molecule has 2 aliphatic rings. The Morgan fingerprint density at radius 2 is 2.17 bits per heavy atom. The van der Waals surface area contributed by atoms with E-state index in [2.05, 4.69) is 5.32 Å². The van der Waals surface area contributed by atoms with Crippen molar-refractivity contribution in [3.63, 3.8) is 0 Å². The van der Waals surface area contributed by atoms with Crippen molar-refractivity contribution >= 4 is 22.4 Å². The lowest BCUT2D eigenvalue weighted by atomic mass is 10.0. The topological polar surface area (TPSA) is 67.9 Å². The van der Waals surface area contributed by atoms with Crippen LogP contribution in [0.2, 0.25) is 0 Å². The van der Waals surface area contributed by atoms with Crippen molar-refractivity contribution < 1.29 is 17.9 Å². The average molecular weight is 377 g/mol. The van der Waals surface area contributed by atoms with E-state index in [0.29, 0.717) is 26.2 Å². The highest BCUT2D eigenvalue weighted by molar-refractivity contribution is 7.89. The lowest BCUT2D eigenvalue weighted by molar-refractivity contribution is 0.125. The lowest BCUT2D eigenvalue weighted by Gasteiger charge is -2.36. The van der Waals surface area contributed by atoms with Crippen molar-refractivity contribution in [2.24, 2.45) is 0 Å². The molecular formula is C16H25ClN2O4S. The van der Waals surface area contributed by atoms with Crippen molar-refractivity contribution in [1.82, 2.24) is 9.62 Å². The number of hydrogen-bond acceptors (Lipinski definition) is 5. The van der Waals surface area contributed by atoms with Gasteiger partial charge in [-0.05, 0) is 18.9 Å². The molecule has 2 unspecified atom stereocenters. The monoisotopic (exact) mass is 376 g/mol. The second kappa shape index (κ2) is 8.49. The van der Waals surface area contributed by atoms with Gasteiger partial charge < -0.3 is 14.8 Å². The number of ether oxygens (including phenoxy) is 2. The van der Waals surface area contributed by atoms with Gasteiger partial charge in [0.05, 0.1) is 25.0 Å². The fourth-order valence-corrected chi connectivity index (χ4v) is 5.20. The van der Waals surface area contributed by atoms with Crippen LogP contribution in [0.15, 0.2) is 24.3 Å². The Hall–Kier alpha value is -0.860. The Morgan fingerprint density at radius 3 is 2.88 bits per heavy atom. The summed E-state index contributed by atoms with van der Waals surface area (Å²) in [6.45, 7) is 2.39. The first-order valence-electron chi connectivity index (χ1n) is 8.06. The third kappa shape index (κ3) is 4.21. The molecule has 2 heterocycles. The highest BCUT2D eigenvalue weighted by Crippen LogP contribution is 2.32. The molecule has 0 spiro atoms. The molecule has 136 valence electrons. The number of halogens is 1. The van der Waals surface area contributed by atoms with Gasteiger partial charge in [-0.2, -0.15) is 4.31 Å². The zero-order valence-corrected chi connectivity index (χ0v) is 15.4. The zero-order valence-electron chi connectivity index (χ0n) is 13.8. The number of piperazine rings is 1. The minimum absolute atomic E-state index is 0. The Labute approximate surface area is 150 Å². The predicted octanol–water partition coefficient (Wildman–Crippen LogP) is 1.57. The minimum atomic E-state index is -3.38. The maximum absolute atomic E-state index is 12.9. The molecule has 2 aliphatic heterocycles. The smallest absolute Gasteiger partial charge is 0.217 e. The van der Waals surface area contributed by atoms with Gasteiger partial charge in [0.25, 0.3) is 0 Å². The molecule has 0 saturated carbocycles. The van der Waals surface area contributed by atoms with Crippen molar-refractivity contribution in [2.75, 3.05) is 39.1 Å². The van der Waals surface area contributed by atoms with Crippen molar-refractivity contribution in [3.8, 4) is 5.75 Å². The van der Waals surface area contributed by atoms with Crippen molar-refractivity contribution in [1.29, 1.82) is 0 Å². The van der Waals surface area contributed by atoms with E-state index in [1.165, 1.54) is 0 Å². The van der Waals surface area contributed by atoms with Gasteiger partial charge in [-0.25, -0.2) is 8.42 Å². The van der Waals surface area contributed by atoms with Crippen LogP contribution in [0.3, 0.4) is 0 Å². The van der Waals surface area contributed by atoms with Gasteiger partial charge in [-0.3, -0.25) is 0 Å². The maximum Gasteiger partial charge on any atom is 0.217 e. The van der Waals surface area contributed by atoms with E-state index in [9.17, 15) is 8.42 Å². The average Bonchev–Trinajstić information content (AvgIpc) is 3.07. The maximum atomic E-state index is 12.9. The molecule has 1 aromatic rings. The summed E-state index contributed by atoms with van der Waals surface area (Å²) in [7, 11) is -1.76. The number of hydrogen-bond donors (Lipinski definition) is 1. The Kier molecular flexibility index (Phi) is 6.88. The number of methoxy groups -OCH3 is 1. The molecule has 2 saturated heterocycles. The van der Waals surface area contributed by atoms with Gasteiger partial charge in [-0.15, -0.1) is 12.4 Å². The molecular weight excluding hydrogens is 352 g/mol. The predicted molar refractivity (Wildman–Crippen MR) is 95.3 cm³/mol. The van der Waals surface area contributed by atoms with Crippen LogP contribution in [0.4, 0.5) is 0 Å². The van der Waals surface area contributed by atoms with Gasteiger partial charge in [0, 0.05) is 31.8 Å². The zero-order chi connectivity index (χ0) is 16.3. The third-order valence-corrected chi connectivity index (χ3v) is 6.41. The van der Waals surface area contributed by atoms with Crippen LogP contribution in [0.5, 0.6) is 5.75 Å². The van der Waals surface area contributed by atoms with Gasteiger partial charge >= 0.3 is 0 Å². The number of benzene rings is 1. The standard InChI is InChI=1S/C16H24N2O4S.ClH/c1-21-16-7-3-2-6-14(16)15-11-17-8-9-18(15)23(19,20)12-13-5-4-10-22-13;/h2-3,6-7,13,15,17H,4-5,8-12H2,1H3;1H. The second-order valence-electron chi connectivity index (χ2n) is 5.99. The highest BCUT2D eigenvalue weighted by atomic mass is 35.5. The van der Waals surface area contributed by atoms with Crippen LogP contribution in [-0.2, 0) is 14.8 Å². The molecule has 0 aliphatic carbocycles. The second-order valence-corrected chi connectivity index (χ2v) is 7.95. The molecule has 2 fully saturated rings. The Balaban J connectivity index is 0.00000208. The van der Waals surface area contributed by atoms with Crippen molar-refractivity contribution in [2.45, 2.75) is 25.0 Å². The van der Waals surface area contributed by atoms with E-state index >= 15 is 0 Å². The van der Waals surface area contributed by atoms with Gasteiger partial charge in [0.2, 0.25) is 10.0 Å². The summed E-state index contributed by atoms with van der Waals surface area (Å²) in [4.78, 5) is 0. The molecule has 1 aromatic carbocycles. The highest BCUT2D eigenvalue weighted by Gasteiger charge is 2.36. The number of nitrogens with zero attached hydrogens (tertiary/aromatic N) is 1. The van der Waals surface area contributed by atoms with E-state index in [1.54, 1.807) is 11.4 Å². The van der Waals surface area contributed by atoms with Crippen molar-refractivity contribution in [3.05, 3.63) is 29.8 Å². The minimum Gasteiger partial charge on any atom is -0.496 e. The molecule has 6 nitrogen and oxygen atoms in total.